The summed E-state index contributed by atoms with van der Waals surface area (Å²) in [7, 11) is 1.91. The molecule has 1 saturated heterocycles. The fourth-order valence-corrected chi connectivity index (χ4v) is 4.33. The number of aromatic nitrogens is 2. The molecule has 0 aliphatic carbocycles. The molecule has 150 valence electrons. The monoisotopic (exact) mass is 400 g/mol. The molecule has 1 atom stereocenters. The van der Waals surface area contributed by atoms with Crippen molar-refractivity contribution < 1.29 is 14.4 Å². The lowest BCUT2D eigenvalue weighted by atomic mass is 9.98. The summed E-state index contributed by atoms with van der Waals surface area (Å²) in [6, 6.07) is 15.2. The van der Waals surface area contributed by atoms with Crippen LogP contribution in [0.5, 0.6) is 0 Å². The van der Waals surface area contributed by atoms with E-state index in [0.717, 1.165) is 27.9 Å². The summed E-state index contributed by atoms with van der Waals surface area (Å²) in [5.41, 5.74) is 5.51. The minimum absolute atomic E-state index is 0.166. The minimum Gasteiger partial charge on any atom is -0.322 e. The molecule has 2 aliphatic rings. The van der Waals surface area contributed by atoms with Crippen molar-refractivity contribution in [3.63, 3.8) is 0 Å². The topological polar surface area (TPSA) is 84.3 Å². The van der Waals surface area contributed by atoms with E-state index >= 15 is 0 Å². The van der Waals surface area contributed by atoms with Gasteiger partial charge in [-0.25, -0.2) is 0 Å². The zero-order chi connectivity index (χ0) is 20.8. The van der Waals surface area contributed by atoms with Crippen LogP contribution in [0.2, 0.25) is 0 Å². The molecule has 7 nitrogen and oxygen atoms in total. The summed E-state index contributed by atoms with van der Waals surface area (Å²) in [5.74, 6) is -0.848. The van der Waals surface area contributed by atoms with E-state index in [4.69, 9.17) is 0 Å². The number of imide groups is 1. The van der Waals surface area contributed by atoms with Crippen LogP contribution in [0.4, 0.5) is 0 Å². The van der Waals surface area contributed by atoms with E-state index in [0.29, 0.717) is 18.5 Å². The van der Waals surface area contributed by atoms with Crippen LogP contribution in [0.25, 0.3) is 22.4 Å². The first kappa shape index (κ1) is 18.3. The Morgan fingerprint density at radius 2 is 1.80 bits per heavy atom. The predicted molar refractivity (Wildman–Crippen MR) is 110 cm³/mol. The Balaban J connectivity index is 1.49. The zero-order valence-corrected chi connectivity index (χ0v) is 16.5. The first-order chi connectivity index (χ1) is 14.5. The standard InChI is InChI=1S/C23H20N4O3/c1-26-21(14-5-3-2-4-6-14)18(12-24-26)15-7-8-17-16(11-15)13-27(23(17)30)19-9-10-20(28)25-22(19)29/h2-8,11-12,19H,9-10,13H2,1H3,(H,25,28,29)/t19-/m1/s1. The highest BCUT2D eigenvalue weighted by atomic mass is 16.2. The number of hydrogen-bond donors (Lipinski definition) is 1. The third-order valence-electron chi connectivity index (χ3n) is 5.82. The summed E-state index contributed by atoms with van der Waals surface area (Å²) in [4.78, 5) is 38.2. The highest BCUT2D eigenvalue weighted by Crippen LogP contribution is 2.35. The Labute approximate surface area is 173 Å². The molecule has 0 bridgehead atoms. The first-order valence-corrected chi connectivity index (χ1v) is 9.88. The average molecular weight is 400 g/mol. The van der Waals surface area contributed by atoms with Crippen molar-refractivity contribution in [2.24, 2.45) is 7.05 Å². The van der Waals surface area contributed by atoms with Gasteiger partial charge >= 0.3 is 0 Å². The maximum atomic E-state index is 12.9. The molecule has 1 fully saturated rings. The number of nitrogens with one attached hydrogen (secondary N) is 1. The number of amides is 3. The minimum atomic E-state index is -0.607. The Hall–Kier alpha value is -3.74. The lowest BCUT2D eigenvalue weighted by Crippen LogP contribution is -2.52. The van der Waals surface area contributed by atoms with Gasteiger partial charge in [-0.3, -0.25) is 24.4 Å². The van der Waals surface area contributed by atoms with Crippen molar-refractivity contribution in [1.29, 1.82) is 0 Å². The van der Waals surface area contributed by atoms with E-state index in [1.54, 1.807) is 4.90 Å². The molecule has 0 saturated carbocycles. The Morgan fingerprint density at radius 3 is 2.57 bits per heavy atom. The summed E-state index contributed by atoms with van der Waals surface area (Å²) < 4.78 is 1.85. The van der Waals surface area contributed by atoms with E-state index in [9.17, 15) is 14.4 Å². The second kappa shape index (κ2) is 6.95. The van der Waals surface area contributed by atoms with Gasteiger partial charge < -0.3 is 4.90 Å². The van der Waals surface area contributed by atoms with Crippen LogP contribution in [0, 0.1) is 0 Å². The van der Waals surface area contributed by atoms with Crippen molar-refractivity contribution in [1.82, 2.24) is 20.0 Å². The van der Waals surface area contributed by atoms with Gasteiger partial charge in [0, 0.05) is 36.7 Å². The highest BCUT2D eigenvalue weighted by Gasteiger charge is 2.39. The third-order valence-corrected chi connectivity index (χ3v) is 5.82. The van der Waals surface area contributed by atoms with Gasteiger partial charge in [-0.15, -0.1) is 0 Å². The molecular formula is C23H20N4O3. The van der Waals surface area contributed by atoms with Gasteiger partial charge in [0.1, 0.15) is 6.04 Å². The van der Waals surface area contributed by atoms with Crippen molar-refractivity contribution >= 4 is 17.7 Å². The number of rotatable bonds is 3. The SMILES string of the molecule is Cn1ncc(-c2ccc3c(c2)CN([C@@H]2CCC(=O)NC2=O)C3=O)c1-c1ccccc1. The smallest absolute Gasteiger partial charge is 0.255 e. The fourth-order valence-electron chi connectivity index (χ4n) is 4.33. The molecule has 0 unspecified atom stereocenters. The van der Waals surface area contributed by atoms with Gasteiger partial charge in [-0.05, 0) is 29.7 Å². The predicted octanol–water partition coefficient (Wildman–Crippen LogP) is 2.52. The molecule has 7 heteroatoms. The number of aryl methyl sites for hydroxylation is 1. The normalized spacial score (nSPS) is 18.5. The second-order valence-corrected chi connectivity index (χ2v) is 7.67. The average Bonchev–Trinajstić information content (AvgIpc) is 3.28. The van der Waals surface area contributed by atoms with Gasteiger partial charge in [0.2, 0.25) is 11.8 Å². The fraction of sp³-hybridized carbons (Fsp3) is 0.217. The molecule has 0 radical (unpaired) electrons. The molecule has 2 aliphatic heterocycles. The second-order valence-electron chi connectivity index (χ2n) is 7.67. The molecule has 0 spiro atoms. The molecular weight excluding hydrogens is 380 g/mol. The van der Waals surface area contributed by atoms with Gasteiger partial charge in [-0.1, -0.05) is 36.4 Å². The molecule has 3 amide bonds. The van der Waals surface area contributed by atoms with Crippen LogP contribution in [-0.4, -0.2) is 38.4 Å². The van der Waals surface area contributed by atoms with Gasteiger partial charge in [0.05, 0.1) is 11.9 Å². The number of nitrogens with zero attached hydrogens (tertiary/aromatic N) is 3. The number of piperidine rings is 1. The Bertz CT molecular complexity index is 1180. The number of carbonyl (C=O) groups is 3. The van der Waals surface area contributed by atoms with Crippen molar-refractivity contribution in [2.75, 3.05) is 0 Å². The summed E-state index contributed by atoms with van der Waals surface area (Å²) >= 11 is 0. The molecule has 3 aromatic rings. The van der Waals surface area contributed by atoms with Crippen molar-refractivity contribution in [3.05, 3.63) is 65.9 Å². The summed E-state index contributed by atoms with van der Waals surface area (Å²) in [6.45, 7) is 0.356. The quantitative estimate of drug-likeness (QED) is 0.685. The van der Waals surface area contributed by atoms with Crippen molar-refractivity contribution in [2.45, 2.75) is 25.4 Å². The van der Waals surface area contributed by atoms with Crippen LogP contribution in [0.1, 0.15) is 28.8 Å². The van der Waals surface area contributed by atoms with Crippen LogP contribution in [0.15, 0.2) is 54.7 Å². The largest absolute Gasteiger partial charge is 0.322 e. The van der Waals surface area contributed by atoms with Crippen LogP contribution < -0.4 is 5.32 Å². The van der Waals surface area contributed by atoms with Gasteiger partial charge in [0.15, 0.2) is 0 Å². The summed E-state index contributed by atoms with van der Waals surface area (Å²) in [6.07, 6.45) is 2.44. The lowest BCUT2D eigenvalue weighted by molar-refractivity contribution is -0.136. The first-order valence-electron chi connectivity index (χ1n) is 9.88. The highest BCUT2D eigenvalue weighted by molar-refractivity contribution is 6.05. The van der Waals surface area contributed by atoms with E-state index in [2.05, 4.69) is 10.4 Å². The van der Waals surface area contributed by atoms with Gasteiger partial charge in [0.25, 0.3) is 5.91 Å². The summed E-state index contributed by atoms with van der Waals surface area (Å²) in [5, 5.41) is 6.77. The van der Waals surface area contributed by atoms with Gasteiger partial charge in [-0.2, -0.15) is 5.10 Å². The Morgan fingerprint density at radius 1 is 1.00 bits per heavy atom. The van der Waals surface area contributed by atoms with E-state index < -0.39 is 11.9 Å². The molecule has 2 aromatic carbocycles. The molecule has 1 aromatic heterocycles. The maximum Gasteiger partial charge on any atom is 0.255 e. The van der Waals surface area contributed by atoms with E-state index in [1.165, 1.54) is 0 Å². The number of hydrogen-bond acceptors (Lipinski definition) is 4. The molecule has 1 N–H and O–H groups in total. The number of fused-ring (bicyclic) bond motifs is 1. The Kier molecular flexibility index (Phi) is 4.24. The lowest BCUT2D eigenvalue weighted by Gasteiger charge is -2.29. The van der Waals surface area contributed by atoms with Crippen molar-refractivity contribution in [3.8, 4) is 22.4 Å². The van der Waals surface area contributed by atoms with E-state index in [-0.39, 0.29) is 18.2 Å². The third kappa shape index (κ3) is 2.90. The molecule has 3 heterocycles. The van der Waals surface area contributed by atoms with Crippen LogP contribution >= 0.6 is 0 Å². The maximum absolute atomic E-state index is 12.9. The van der Waals surface area contributed by atoms with E-state index in [1.807, 2.05) is 66.5 Å². The zero-order valence-electron chi connectivity index (χ0n) is 16.5. The van der Waals surface area contributed by atoms with Crippen LogP contribution in [-0.2, 0) is 23.2 Å². The molecule has 5 rings (SSSR count). The number of benzene rings is 2. The molecule has 30 heavy (non-hydrogen) atoms. The van der Waals surface area contributed by atoms with Crippen LogP contribution in [0.3, 0.4) is 0 Å². The number of carbonyl (C=O) groups excluding carboxylic acids is 3.